The zero-order chi connectivity index (χ0) is 47.8. The molecule has 4 aliphatic carbocycles. The van der Waals surface area contributed by atoms with E-state index in [4.69, 9.17) is 37.9 Å². The normalized spacial score (nSPS) is 55.4. The number of aliphatic hydroxyl groups excluding tert-OH is 12. The molecule has 66 heavy (non-hydrogen) atoms. The second-order valence-electron chi connectivity index (χ2n) is 21.8. The molecular weight excluding hydrogens is 872 g/mol. The van der Waals surface area contributed by atoms with Crippen molar-refractivity contribution in [3.63, 3.8) is 0 Å². The van der Waals surface area contributed by atoms with Crippen LogP contribution in [0.2, 0.25) is 0 Å². The molecule has 0 aromatic carbocycles. The molecule has 8 rings (SSSR count). The van der Waals surface area contributed by atoms with Crippen molar-refractivity contribution in [2.75, 3.05) is 33.5 Å². The summed E-state index contributed by atoms with van der Waals surface area (Å²) in [5.41, 5.74) is -0.199. The molecule has 20 nitrogen and oxygen atoms in total. The fourth-order valence-electron chi connectivity index (χ4n) is 14.5. The summed E-state index contributed by atoms with van der Waals surface area (Å²) in [6, 6.07) is 0. The summed E-state index contributed by atoms with van der Waals surface area (Å²) in [4.78, 5) is 0. The maximum atomic E-state index is 11.9. The summed E-state index contributed by atoms with van der Waals surface area (Å²) >= 11 is 0. The van der Waals surface area contributed by atoms with Gasteiger partial charge >= 0.3 is 0 Å². The molecule has 28 atom stereocenters. The van der Waals surface area contributed by atoms with Gasteiger partial charge in [0.05, 0.1) is 44.7 Å². The van der Waals surface area contributed by atoms with Crippen molar-refractivity contribution >= 4 is 0 Å². The SMILES string of the molecule is COC1(CC[C@@H](C)CO[C@@H]2O[C@H](CO)[C@@H](O)[C@H](O)[C@H]2O)OC2C[C@H]3[C@@H]4CC[C@@H]5C[C@@H](O[C@@H]6O[C@H](CO)[C@@H](O)[C@H](O)[C@H]6O[C@@H]6O[C@H](CO)[C@H](O)[C@H](O)[C@H]6O)[C@@H](O)C[C@]5(C)[C@H]4CC[C@]3(C)C2C1C. The summed E-state index contributed by atoms with van der Waals surface area (Å²) in [5, 5.41) is 125. The molecule has 0 spiro atoms. The molecule has 0 amide bonds. The minimum Gasteiger partial charge on any atom is -0.394 e. The standard InChI is InChI=1S/C46H78O20/c1-19(18-60-41-38(57)35(54)32(51)28(15-47)62-41)8-11-46(59-5)20(2)31-27(66-46)13-24-22-7-6-21-12-26(25(50)14-45(21,4)23(22)9-10-44(24,31)3)61-43-40(37(56)34(53)30(17-49)64-43)65-42-39(58)36(55)33(52)29(16-48)63-42/h19-43,47-58H,6-18H2,1-5H3/t19-,20?,21-,22-,23+,24+,25+,26-,27?,28-,29-,30-,31?,32-,33+,34-,35+,36+,37+,38-,39-,40-,41-,42+,43-,44+,45+,46?/m1/s1. The molecule has 4 unspecified atom stereocenters. The topological polar surface area (TPSA) is 317 Å². The average molecular weight is 951 g/mol. The van der Waals surface area contributed by atoms with Crippen LogP contribution < -0.4 is 0 Å². The summed E-state index contributed by atoms with van der Waals surface area (Å²) < 4.78 is 48.5. The van der Waals surface area contributed by atoms with Crippen LogP contribution in [-0.2, 0) is 37.9 Å². The van der Waals surface area contributed by atoms with Gasteiger partial charge in [-0.05, 0) is 97.7 Å². The first-order chi connectivity index (χ1) is 31.3. The maximum Gasteiger partial charge on any atom is 0.187 e. The molecule has 4 heterocycles. The van der Waals surface area contributed by atoms with Gasteiger partial charge in [0.25, 0.3) is 0 Å². The first-order valence-corrected chi connectivity index (χ1v) is 24.3. The molecule has 0 aromatic rings. The lowest BCUT2D eigenvalue weighted by molar-refractivity contribution is -0.376. The van der Waals surface area contributed by atoms with Gasteiger partial charge in [-0.25, -0.2) is 0 Å². The Bertz CT molecular complexity index is 1610. The van der Waals surface area contributed by atoms with Crippen molar-refractivity contribution in [3.8, 4) is 0 Å². The highest BCUT2D eigenvalue weighted by Crippen LogP contribution is 2.71. The number of fused-ring (bicyclic) bond motifs is 7. The maximum absolute atomic E-state index is 11.9. The van der Waals surface area contributed by atoms with Crippen molar-refractivity contribution in [3.05, 3.63) is 0 Å². The Hall–Kier alpha value is -0.800. The van der Waals surface area contributed by atoms with E-state index >= 15 is 0 Å². The number of aliphatic hydroxyl groups is 12. The lowest BCUT2D eigenvalue weighted by Gasteiger charge is -2.62. The summed E-state index contributed by atoms with van der Waals surface area (Å²) in [5.74, 6) is 0.942. The van der Waals surface area contributed by atoms with E-state index in [9.17, 15) is 61.3 Å². The van der Waals surface area contributed by atoms with Gasteiger partial charge in [0.1, 0.15) is 73.2 Å². The molecule has 4 aliphatic heterocycles. The molecule has 0 bridgehead atoms. The molecule has 382 valence electrons. The number of methoxy groups -OCH3 is 1. The van der Waals surface area contributed by atoms with Gasteiger partial charge in [0.2, 0.25) is 0 Å². The second-order valence-corrected chi connectivity index (χ2v) is 21.8. The smallest absolute Gasteiger partial charge is 0.187 e. The number of hydrogen-bond donors (Lipinski definition) is 12. The van der Waals surface area contributed by atoms with Crippen LogP contribution in [0.5, 0.6) is 0 Å². The van der Waals surface area contributed by atoms with E-state index in [1.807, 2.05) is 6.92 Å². The lowest BCUT2D eigenvalue weighted by atomic mass is 9.44. The number of hydrogen-bond acceptors (Lipinski definition) is 20. The van der Waals surface area contributed by atoms with E-state index in [0.29, 0.717) is 43.4 Å². The van der Waals surface area contributed by atoms with Crippen LogP contribution in [0.4, 0.5) is 0 Å². The fraction of sp³-hybridized carbons (Fsp3) is 1.00. The number of rotatable bonds is 14. The van der Waals surface area contributed by atoms with Crippen LogP contribution in [0.25, 0.3) is 0 Å². The van der Waals surface area contributed by atoms with E-state index in [2.05, 4.69) is 20.8 Å². The van der Waals surface area contributed by atoms with Crippen molar-refractivity contribution in [2.45, 2.75) is 202 Å². The van der Waals surface area contributed by atoms with Crippen LogP contribution in [0.15, 0.2) is 0 Å². The van der Waals surface area contributed by atoms with Crippen molar-refractivity contribution in [1.29, 1.82) is 0 Å². The van der Waals surface area contributed by atoms with Gasteiger partial charge in [-0.1, -0.05) is 27.7 Å². The van der Waals surface area contributed by atoms with Crippen LogP contribution in [0.3, 0.4) is 0 Å². The molecule has 0 aromatic heterocycles. The minimum absolute atomic E-state index is 0.00426. The molecular formula is C46H78O20. The van der Waals surface area contributed by atoms with Gasteiger partial charge in [-0.2, -0.15) is 0 Å². The molecule has 8 aliphatic rings. The molecule has 4 saturated heterocycles. The van der Waals surface area contributed by atoms with Crippen LogP contribution in [-0.4, -0.2) is 211 Å². The molecule has 8 fully saturated rings. The van der Waals surface area contributed by atoms with Gasteiger partial charge < -0.3 is 99.2 Å². The Morgan fingerprint density at radius 3 is 1.86 bits per heavy atom. The minimum atomic E-state index is -1.80. The van der Waals surface area contributed by atoms with Crippen molar-refractivity contribution in [1.82, 2.24) is 0 Å². The average Bonchev–Trinajstić information content (AvgIpc) is 3.76. The highest BCUT2D eigenvalue weighted by atomic mass is 16.8. The van der Waals surface area contributed by atoms with Crippen molar-refractivity contribution < 1.29 is 99.2 Å². The Morgan fingerprint density at radius 2 is 1.24 bits per heavy atom. The quantitative estimate of drug-likeness (QED) is 0.0826. The third-order valence-corrected chi connectivity index (χ3v) is 18.3. The third kappa shape index (κ3) is 8.85. The lowest BCUT2D eigenvalue weighted by Crippen LogP contribution is -2.65. The van der Waals surface area contributed by atoms with E-state index in [-0.39, 0.29) is 47.2 Å². The Morgan fingerprint density at radius 1 is 0.652 bits per heavy atom. The molecule has 0 radical (unpaired) electrons. The highest BCUT2D eigenvalue weighted by molar-refractivity contribution is 5.16. The zero-order valence-corrected chi connectivity index (χ0v) is 38.8. The van der Waals surface area contributed by atoms with Crippen LogP contribution in [0.1, 0.15) is 85.5 Å². The van der Waals surface area contributed by atoms with E-state index in [0.717, 1.165) is 32.1 Å². The van der Waals surface area contributed by atoms with E-state index in [1.54, 1.807) is 7.11 Å². The van der Waals surface area contributed by atoms with Gasteiger partial charge in [0.15, 0.2) is 24.7 Å². The summed E-state index contributed by atoms with van der Waals surface area (Å²) in [7, 11) is 1.71. The second kappa shape index (κ2) is 20.0. The van der Waals surface area contributed by atoms with Gasteiger partial charge in [-0.15, -0.1) is 0 Å². The number of ether oxygens (including phenoxy) is 8. The largest absolute Gasteiger partial charge is 0.394 e. The van der Waals surface area contributed by atoms with E-state index in [1.165, 1.54) is 0 Å². The first-order valence-electron chi connectivity index (χ1n) is 24.3. The molecule has 20 heteroatoms. The predicted molar refractivity (Wildman–Crippen MR) is 225 cm³/mol. The fourth-order valence-corrected chi connectivity index (χ4v) is 14.5. The first kappa shape index (κ1) is 51.6. The third-order valence-electron chi connectivity index (χ3n) is 18.3. The predicted octanol–water partition coefficient (Wildman–Crippen LogP) is -2.15. The Labute approximate surface area is 386 Å². The van der Waals surface area contributed by atoms with Gasteiger partial charge in [-0.3, -0.25) is 0 Å². The summed E-state index contributed by atoms with van der Waals surface area (Å²) in [6.07, 6.45) is -17.0. The van der Waals surface area contributed by atoms with E-state index < -0.39 is 130 Å². The van der Waals surface area contributed by atoms with Crippen LogP contribution in [0, 0.1) is 52.3 Å². The van der Waals surface area contributed by atoms with Crippen molar-refractivity contribution in [2.24, 2.45) is 52.3 Å². The highest BCUT2D eigenvalue weighted by Gasteiger charge is 2.69. The van der Waals surface area contributed by atoms with Gasteiger partial charge in [0, 0.05) is 19.4 Å². The van der Waals surface area contributed by atoms with Crippen LogP contribution >= 0.6 is 0 Å². The molecule has 4 saturated carbocycles. The summed E-state index contributed by atoms with van der Waals surface area (Å²) in [6.45, 7) is 7.32. The molecule has 12 N–H and O–H groups in total. The Kier molecular flexibility index (Phi) is 15.6. The monoisotopic (exact) mass is 951 g/mol. The zero-order valence-electron chi connectivity index (χ0n) is 38.8. The Balaban J connectivity index is 0.896.